The number of aliphatic imine (C=N–C) groups is 2. The summed E-state index contributed by atoms with van der Waals surface area (Å²) in [7, 11) is 3.36. The molecule has 0 aliphatic heterocycles. The highest BCUT2D eigenvalue weighted by Crippen LogP contribution is 2.35. The number of methoxy groups -OCH3 is 2. The van der Waals surface area contributed by atoms with Crippen LogP contribution < -0.4 is 14.5 Å². The molecule has 0 saturated carbocycles. The first-order chi connectivity index (χ1) is 24.4. The summed E-state index contributed by atoms with van der Waals surface area (Å²) >= 11 is 0. The van der Waals surface area contributed by atoms with E-state index >= 15 is 0 Å². The largest absolute Gasteiger partial charge is 0.497 e. The molecule has 0 aliphatic rings. The standard InChI is InChI=1S/C44H42N4O2/c1-31-15-13-16-32(2)41(31)45-43(35-23-27-39(49-5)28-24-35)48(47(37-19-9-7-10-20-37)38-21-11-8-12-22-38)44(36-25-29-40(50-6)30-26-36)46-42-33(3)17-14-18-34(42)4/h7-30H,1-6H3/b45-43+,46-44+. The first-order valence-electron chi connectivity index (χ1n) is 16.7. The lowest BCUT2D eigenvalue weighted by Gasteiger charge is -2.39. The summed E-state index contributed by atoms with van der Waals surface area (Å²) in [4.78, 5) is 11.2. The van der Waals surface area contributed by atoms with Gasteiger partial charge in [-0.3, -0.25) is 0 Å². The Morgan fingerprint density at radius 3 is 1.08 bits per heavy atom. The highest BCUT2D eigenvalue weighted by Gasteiger charge is 2.30. The van der Waals surface area contributed by atoms with Gasteiger partial charge in [-0.25, -0.2) is 20.0 Å². The van der Waals surface area contributed by atoms with Crippen molar-refractivity contribution in [2.24, 2.45) is 9.98 Å². The summed E-state index contributed by atoms with van der Waals surface area (Å²) in [5.74, 6) is 2.88. The van der Waals surface area contributed by atoms with Crippen LogP contribution >= 0.6 is 0 Å². The van der Waals surface area contributed by atoms with Crippen LogP contribution in [0.5, 0.6) is 11.5 Å². The monoisotopic (exact) mass is 658 g/mol. The zero-order valence-corrected chi connectivity index (χ0v) is 29.5. The maximum absolute atomic E-state index is 5.60. The Labute approximate surface area is 295 Å². The van der Waals surface area contributed by atoms with E-state index in [1.165, 1.54) is 0 Å². The molecule has 0 aromatic heterocycles. The summed E-state index contributed by atoms with van der Waals surface area (Å²) < 4.78 is 11.2. The van der Waals surface area contributed by atoms with E-state index in [9.17, 15) is 0 Å². The Hall–Kier alpha value is -6.14. The van der Waals surface area contributed by atoms with Crippen molar-refractivity contribution in [3.63, 3.8) is 0 Å². The fourth-order valence-electron chi connectivity index (χ4n) is 5.93. The lowest BCUT2D eigenvalue weighted by molar-refractivity contribution is 0.414. The Bertz CT molecular complexity index is 1910. The van der Waals surface area contributed by atoms with Crippen molar-refractivity contribution in [2.75, 3.05) is 19.2 Å². The third kappa shape index (κ3) is 7.30. The molecule has 6 nitrogen and oxygen atoms in total. The smallest absolute Gasteiger partial charge is 0.162 e. The van der Waals surface area contributed by atoms with Crippen LogP contribution in [0, 0.1) is 27.7 Å². The zero-order chi connectivity index (χ0) is 35.0. The number of amidine groups is 2. The van der Waals surface area contributed by atoms with E-state index in [0.717, 1.165) is 67.6 Å². The molecule has 0 atom stereocenters. The number of aryl methyl sites for hydroxylation is 4. The van der Waals surface area contributed by atoms with Crippen LogP contribution in [0.1, 0.15) is 33.4 Å². The Morgan fingerprint density at radius 2 is 0.760 bits per heavy atom. The molecule has 0 fully saturated rings. The van der Waals surface area contributed by atoms with Gasteiger partial charge in [0.05, 0.1) is 37.0 Å². The molecule has 50 heavy (non-hydrogen) atoms. The molecular formula is C44H42N4O2. The molecule has 0 saturated heterocycles. The maximum atomic E-state index is 5.60. The lowest BCUT2D eigenvalue weighted by atomic mass is 10.1. The second kappa shape index (κ2) is 15.4. The molecule has 6 aromatic rings. The number of anilines is 2. The van der Waals surface area contributed by atoms with Gasteiger partial charge in [-0.15, -0.1) is 0 Å². The van der Waals surface area contributed by atoms with E-state index in [4.69, 9.17) is 19.5 Å². The number of para-hydroxylation sites is 4. The van der Waals surface area contributed by atoms with Crippen LogP contribution in [-0.2, 0) is 0 Å². The topological polar surface area (TPSA) is 49.7 Å². The van der Waals surface area contributed by atoms with Crippen molar-refractivity contribution in [2.45, 2.75) is 27.7 Å². The van der Waals surface area contributed by atoms with Gasteiger partial charge in [0.2, 0.25) is 0 Å². The van der Waals surface area contributed by atoms with Gasteiger partial charge in [-0.2, -0.15) is 0 Å². The molecule has 0 unspecified atom stereocenters. The first kappa shape index (κ1) is 33.7. The maximum Gasteiger partial charge on any atom is 0.162 e. The Balaban J connectivity index is 1.78. The number of benzene rings is 6. The van der Waals surface area contributed by atoms with E-state index in [-0.39, 0.29) is 0 Å². The third-order valence-electron chi connectivity index (χ3n) is 8.61. The van der Waals surface area contributed by atoms with Crippen LogP contribution in [0.25, 0.3) is 0 Å². The van der Waals surface area contributed by atoms with Crippen LogP contribution in [0.4, 0.5) is 22.7 Å². The van der Waals surface area contributed by atoms with Crippen molar-refractivity contribution < 1.29 is 9.47 Å². The van der Waals surface area contributed by atoms with Gasteiger partial charge in [0.1, 0.15) is 11.5 Å². The van der Waals surface area contributed by atoms with Crippen LogP contribution in [0.3, 0.4) is 0 Å². The highest BCUT2D eigenvalue weighted by molar-refractivity contribution is 6.17. The van der Waals surface area contributed by atoms with Crippen molar-refractivity contribution in [1.82, 2.24) is 5.01 Å². The van der Waals surface area contributed by atoms with E-state index < -0.39 is 0 Å². The summed E-state index contributed by atoms with van der Waals surface area (Å²) in [6, 6.07) is 49.3. The van der Waals surface area contributed by atoms with E-state index in [2.05, 4.69) is 147 Å². The second-order valence-corrected chi connectivity index (χ2v) is 12.1. The molecule has 0 aliphatic carbocycles. The third-order valence-corrected chi connectivity index (χ3v) is 8.61. The highest BCUT2D eigenvalue weighted by atomic mass is 16.5. The molecule has 6 aromatic carbocycles. The number of hydrogen-bond acceptors (Lipinski definition) is 5. The molecule has 0 heterocycles. The molecule has 0 N–H and O–H groups in total. The SMILES string of the molecule is COc1ccc(/C(=N\c2c(C)cccc2C)N(/C(=N/c2c(C)cccc2C)c2ccc(OC)cc2)N(c2ccccc2)c2ccccc2)cc1. The predicted octanol–water partition coefficient (Wildman–Crippen LogP) is 10.8. The molecule has 6 heteroatoms. The number of nitrogens with zero attached hydrogens (tertiary/aromatic N) is 4. The van der Waals surface area contributed by atoms with Crippen molar-refractivity contribution in [3.8, 4) is 11.5 Å². The van der Waals surface area contributed by atoms with Crippen molar-refractivity contribution >= 4 is 34.4 Å². The summed E-state index contributed by atoms with van der Waals surface area (Å²) in [6.07, 6.45) is 0. The molecule has 0 spiro atoms. The summed E-state index contributed by atoms with van der Waals surface area (Å²) in [6.45, 7) is 8.40. The Kier molecular flexibility index (Phi) is 10.4. The average molecular weight is 659 g/mol. The lowest BCUT2D eigenvalue weighted by Crippen LogP contribution is -2.49. The number of hydrogen-bond donors (Lipinski definition) is 0. The van der Waals surface area contributed by atoms with Crippen LogP contribution in [0.2, 0.25) is 0 Å². The van der Waals surface area contributed by atoms with Crippen molar-refractivity contribution in [1.29, 1.82) is 0 Å². The van der Waals surface area contributed by atoms with Gasteiger partial charge in [0, 0.05) is 11.1 Å². The van der Waals surface area contributed by atoms with Crippen molar-refractivity contribution in [3.05, 3.63) is 179 Å². The van der Waals surface area contributed by atoms with Crippen LogP contribution in [-0.4, -0.2) is 30.9 Å². The summed E-state index contributed by atoms with van der Waals surface area (Å²) in [5, 5.41) is 4.33. The molecule has 250 valence electrons. The zero-order valence-electron chi connectivity index (χ0n) is 29.5. The van der Waals surface area contributed by atoms with Gasteiger partial charge in [0.15, 0.2) is 11.7 Å². The molecular weight excluding hydrogens is 617 g/mol. The average Bonchev–Trinajstić information content (AvgIpc) is 3.15. The number of hydrazine groups is 1. The quantitative estimate of drug-likeness (QED) is 0.0881. The number of rotatable bonds is 9. The minimum atomic E-state index is 0.679. The van der Waals surface area contributed by atoms with Crippen LogP contribution in [0.15, 0.2) is 156 Å². The van der Waals surface area contributed by atoms with Gasteiger partial charge in [0.25, 0.3) is 0 Å². The molecule has 0 bridgehead atoms. The Morgan fingerprint density at radius 1 is 0.420 bits per heavy atom. The van der Waals surface area contributed by atoms with Gasteiger partial charge >= 0.3 is 0 Å². The first-order valence-corrected chi connectivity index (χ1v) is 16.7. The summed E-state index contributed by atoms with van der Waals surface area (Å²) in [5.41, 5.74) is 9.70. The van der Waals surface area contributed by atoms with E-state index in [0.29, 0.717) is 11.7 Å². The number of ether oxygens (including phenoxy) is 2. The van der Waals surface area contributed by atoms with E-state index in [1.54, 1.807) is 14.2 Å². The molecule has 0 radical (unpaired) electrons. The van der Waals surface area contributed by atoms with E-state index in [1.807, 2.05) is 36.4 Å². The minimum absolute atomic E-state index is 0.679. The normalized spacial score (nSPS) is 11.6. The molecule has 6 rings (SSSR count). The predicted molar refractivity (Wildman–Crippen MR) is 207 cm³/mol. The molecule has 0 amide bonds. The fraction of sp³-hybridized carbons (Fsp3) is 0.136. The van der Waals surface area contributed by atoms with Gasteiger partial charge < -0.3 is 9.47 Å². The minimum Gasteiger partial charge on any atom is -0.497 e. The fourth-order valence-corrected chi connectivity index (χ4v) is 5.93. The van der Waals surface area contributed by atoms with Gasteiger partial charge in [-0.1, -0.05) is 72.8 Å². The van der Waals surface area contributed by atoms with Gasteiger partial charge in [-0.05, 0) is 123 Å². The second-order valence-electron chi connectivity index (χ2n) is 12.1.